The molecule has 0 unspecified atom stereocenters. The minimum absolute atomic E-state index is 0.0692. The number of phenolic OH excluding ortho intramolecular Hbond substituents is 1. The summed E-state index contributed by atoms with van der Waals surface area (Å²) < 4.78 is 52.7. The molecular weight excluding hydrogens is 368 g/mol. The zero-order valence-corrected chi connectivity index (χ0v) is 14.0. The van der Waals surface area contributed by atoms with Gasteiger partial charge in [0.2, 0.25) is 10.0 Å². The van der Waals surface area contributed by atoms with Crippen LogP contribution in [0.15, 0.2) is 46.2 Å². The SMILES string of the molecule is O=S(=O)(NCCSc1cc(F)c(O)c(F)c1)c1ccc(Cl)cc1. The molecule has 0 atom stereocenters. The van der Waals surface area contributed by atoms with Crippen molar-refractivity contribution in [2.24, 2.45) is 0 Å². The van der Waals surface area contributed by atoms with E-state index in [1.54, 1.807) is 0 Å². The number of nitrogens with one attached hydrogen (secondary N) is 1. The smallest absolute Gasteiger partial charge is 0.240 e. The zero-order valence-electron chi connectivity index (χ0n) is 11.6. The van der Waals surface area contributed by atoms with Crippen LogP contribution in [0.3, 0.4) is 0 Å². The third kappa shape index (κ3) is 4.81. The Kier molecular flexibility index (Phi) is 5.85. The van der Waals surface area contributed by atoms with E-state index in [0.717, 1.165) is 23.9 Å². The number of halogens is 3. The van der Waals surface area contributed by atoms with Crippen LogP contribution < -0.4 is 4.72 Å². The monoisotopic (exact) mass is 379 g/mol. The summed E-state index contributed by atoms with van der Waals surface area (Å²) in [5.41, 5.74) is 0. The van der Waals surface area contributed by atoms with Crippen LogP contribution >= 0.6 is 23.4 Å². The summed E-state index contributed by atoms with van der Waals surface area (Å²) in [4.78, 5) is 0.331. The van der Waals surface area contributed by atoms with Gasteiger partial charge < -0.3 is 5.11 Å². The normalized spacial score (nSPS) is 11.6. The molecule has 4 nitrogen and oxygen atoms in total. The van der Waals surface area contributed by atoms with Crippen LogP contribution in [0.5, 0.6) is 5.75 Å². The number of aromatic hydroxyl groups is 1. The van der Waals surface area contributed by atoms with Gasteiger partial charge in [-0.2, -0.15) is 0 Å². The van der Waals surface area contributed by atoms with Crippen molar-refractivity contribution in [1.29, 1.82) is 0 Å². The van der Waals surface area contributed by atoms with Crippen LogP contribution in [0, 0.1) is 11.6 Å². The maximum atomic E-state index is 13.2. The van der Waals surface area contributed by atoms with Crippen molar-refractivity contribution in [3.63, 3.8) is 0 Å². The first-order chi connectivity index (χ1) is 10.8. The highest BCUT2D eigenvalue weighted by atomic mass is 35.5. The molecule has 0 heterocycles. The molecule has 0 saturated heterocycles. The van der Waals surface area contributed by atoms with E-state index >= 15 is 0 Å². The Balaban J connectivity index is 1.91. The van der Waals surface area contributed by atoms with Gasteiger partial charge in [-0.05, 0) is 36.4 Å². The van der Waals surface area contributed by atoms with Crippen LogP contribution in [0.1, 0.15) is 0 Å². The summed E-state index contributed by atoms with van der Waals surface area (Å²) in [7, 11) is -3.66. The number of thioether (sulfide) groups is 1. The Hall–Kier alpha value is -1.35. The average molecular weight is 380 g/mol. The minimum atomic E-state index is -3.66. The van der Waals surface area contributed by atoms with E-state index in [9.17, 15) is 17.2 Å². The molecule has 0 saturated carbocycles. The lowest BCUT2D eigenvalue weighted by atomic mass is 10.3. The third-order valence-electron chi connectivity index (χ3n) is 2.78. The van der Waals surface area contributed by atoms with Gasteiger partial charge in [-0.15, -0.1) is 11.8 Å². The van der Waals surface area contributed by atoms with Gasteiger partial charge in [-0.3, -0.25) is 0 Å². The first kappa shape index (κ1) is 18.0. The molecule has 0 fully saturated rings. The highest BCUT2D eigenvalue weighted by molar-refractivity contribution is 7.99. The molecule has 2 rings (SSSR count). The largest absolute Gasteiger partial charge is 0.503 e. The second-order valence-electron chi connectivity index (χ2n) is 4.44. The van der Waals surface area contributed by atoms with Crippen molar-refractivity contribution in [2.75, 3.05) is 12.3 Å². The Labute approximate surface area is 141 Å². The van der Waals surface area contributed by atoms with Gasteiger partial charge in [0.1, 0.15) is 0 Å². The lowest BCUT2D eigenvalue weighted by Crippen LogP contribution is -2.25. The molecule has 23 heavy (non-hydrogen) atoms. The molecule has 0 amide bonds. The molecule has 2 aromatic rings. The number of sulfonamides is 1. The first-order valence-electron chi connectivity index (χ1n) is 6.35. The second-order valence-corrected chi connectivity index (χ2v) is 7.81. The molecule has 0 aliphatic rings. The summed E-state index contributed by atoms with van der Waals surface area (Å²) in [6.45, 7) is 0.0692. The molecule has 9 heteroatoms. The van der Waals surface area contributed by atoms with Crippen LogP contribution in [0.2, 0.25) is 5.02 Å². The van der Waals surface area contributed by atoms with Gasteiger partial charge in [-0.25, -0.2) is 21.9 Å². The Morgan fingerprint density at radius 3 is 2.26 bits per heavy atom. The molecular formula is C14H12ClF2NO3S2. The van der Waals surface area contributed by atoms with Crippen LogP contribution in [0.25, 0.3) is 0 Å². The van der Waals surface area contributed by atoms with Gasteiger partial charge >= 0.3 is 0 Å². The molecule has 2 N–H and O–H groups in total. The van der Waals surface area contributed by atoms with Crippen molar-refractivity contribution in [1.82, 2.24) is 4.72 Å². The summed E-state index contributed by atoms with van der Waals surface area (Å²) in [6, 6.07) is 7.65. The van der Waals surface area contributed by atoms with Gasteiger partial charge in [0.15, 0.2) is 17.4 Å². The van der Waals surface area contributed by atoms with E-state index in [0.29, 0.717) is 5.02 Å². The molecule has 124 valence electrons. The maximum Gasteiger partial charge on any atom is 0.240 e. The fourth-order valence-electron chi connectivity index (χ4n) is 1.67. The predicted octanol–water partition coefficient (Wildman–Crippen LogP) is 3.39. The Bertz CT molecular complexity index is 775. The van der Waals surface area contributed by atoms with E-state index in [1.165, 1.54) is 24.3 Å². The zero-order chi connectivity index (χ0) is 17.0. The summed E-state index contributed by atoms with van der Waals surface area (Å²) >= 11 is 6.75. The molecule has 0 aromatic heterocycles. The average Bonchev–Trinajstić information content (AvgIpc) is 2.49. The Morgan fingerprint density at radius 1 is 1.13 bits per heavy atom. The van der Waals surface area contributed by atoms with Crippen molar-refractivity contribution in [3.8, 4) is 5.75 Å². The first-order valence-corrected chi connectivity index (χ1v) is 9.20. The van der Waals surface area contributed by atoms with Crippen molar-refractivity contribution in [2.45, 2.75) is 9.79 Å². The van der Waals surface area contributed by atoms with E-state index in [2.05, 4.69) is 4.72 Å². The molecule has 0 bridgehead atoms. The number of hydrogen-bond acceptors (Lipinski definition) is 4. The van der Waals surface area contributed by atoms with E-state index in [1.807, 2.05) is 0 Å². The van der Waals surface area contributed by atoms with E-state index in [-0.39, 0.29) is 22.1 Å². The van der Waals surface area contributed by atoms with Gasteiger partial charge in [0.05, 0.1) is 4.90 Å². The van der Waals surface area contributed by atoms with E-state index < -0.39 is 27.4 Å². The molecule has 2 aromatic carbocycles. The third-order valence-corrected chi connectivity index (χ3v) is 5.48. The molecule has 0 aliphatic heterocycles. The summed E-state index contributed by atoms with van der Waals surface area (Å²) in [6.07, 6.45) is 0. The number of hydrogen-bond donors (Lipinski definition) is 2. The van der Waals surface area contributed by atoms with E-state index in [4.69, 9.17) is 16.7 Å². The highest BCUT2D eigenvalue weighted by Gasteiger charge is 2.13. The van der Waals surface area contributed by atoms with Gasteiger partial charge in [-0.1, -0.05) is 11.6 Å². The topological polar surface area (TPSA) is 66.4 Å². The van der Waals surface area contributed by atoms with Gasteiger partial charge in [0.25, 0.3) is 0 Å². The summed E-state index contributed by atoms with van der Waals surface area (Å²) in [5, 5.41) is 9.42. The number of rotatable bonds is 6. The van der Waals surface area contributed by atoms with Crippen LogP contribution in [-0.4, -0.2) is 25.8 Å². The minimum Gasteiger partial charge on any atom is -0.503 e. The second kappa shape index (κ2) is 7.48. The number of phenols is 1. The van der Waals surface area contributed by atoms with Crippen molar-refractivity contribution < 1.29 is 22.3 Å². The van der Waals surface area contributed by atoms with Gasteiger partial charge in [0, 0.05) is 22.2 Å². The van der Waals surface area contributed by atoms with Crippen LogP contribution in [-0.2, 0) is 10.0 Å². The fraction of sp³-hybridized carbons (Fsp3) is 0.143. The molecule has 0 spiro atoms. The molecule has 0 radical (unpaired) electrons. The lowest BCUT2D eigenvalue weighted by molar-refractivity contribution is 0.394. The fourth-order valence-corrected chi connectivity index (χ4v) is 3.77. The number of benzene rings is 2. The van der Waals surface area contributed by atoms with Crippen molar-refractivity contribution in [3.05, 3.63) is 53.1 Å². The quantitative estimate of drug-likeness (QED) is 0.596. The van der Waals surface area contributed by atoms with Crippen molar-refractivity contribution >= 4 is 33.4 Å². The molecule has 0 aliphatic carbocycles. The van der Waals surface area contributed by atoms with Crippen LogP contribution in [0.4, 0.5) is 8.78 Å². The lowest BCUT2D eigenvalue weighted by Gasteiger charge is -2.07. The predicted molar refractivity (Wildman–Crippen MR) is 85.4 cm³/mol. The Morgan fingerprint density at radius 2 is 1.70 bits per heavy atom. The summed E-state index contributed by atoms with van der Waals surface area (Å²) in [5.74, 6) is -2.89. The highest BCUT2D eigenvalue weighted by Crippen LogP contribution is 2.27. The maximum absolute atomic E-state index is 13.2. The standard InChI is InChI=1S/C14H12ClF2NO3S2/c15-9-1-3-11(4-2-9)23(20,21)18-5-6-22-10-7-12(16)14(19)13(17)8-10/h1-4,7-8,18-19H,5-6H2.